The highest BCUT2D eigenvalue weighted by Gasteiger charge is 2.49. The Morgan fingerprint density at radius 2 is 2.06 bits per heavy atom. The Morgan fingerprint density at radius 1 is 1.17 bits per heavy atom. The Kier molecular flexibility index (Phi) is 5.90. The number of amides is 1. The Hall–Kier alpha value is -3.42. The third kappa shape index (κ3) is 4.02. The van der Waals surface area contributed by atoms with Crippen molar-refractivity contribution in [2.24, 2.45) is 11.8 Å². The number of non-ortho nitro benzene ring substituents is 1. The quantitative estimate of drug-likeness (QED) is 0.391. The lowest BCUT2D eigenvalue weighted by Crippen LogP contribution is -2.61. The van der Waals surface area contributed by atoms with Crippen LogP contribution in [0, 0.1) is 22.0 Å². The number of carbonyl (C=O) groups is 1. The van der Waals surface area contributed by atoms with Crippen LogP contribution in [0.15, 0.2) is 52.8 Å². The van der Waals surface area contributed by atoms with Crippen LogP contribution in [0.4, 0.5) is 11.4 Å². The van der Waals surface area contributed by atoms with Crippen molar-refractivity contribution < 1.29 is 9.72 Å². The van der Waals surface area contributed by atoms with E-state index < -0.39 is 0 Å². The topological polar surface area (TPSA) is 97.5 Å². The van der Waals surface area contributed by atoms with Crippen molar-refractivity contribution in [2.45, 2.75) is 63.5 Å². The van der Waals surface area contributed by atoms with Gasteiger partial charge in [0, 0.05) is 61.2 Å². The molecule has 2 unspecified atom stereocenters. The van der Waals surface area contributed by atoms with E-state index in [2.05, 4.69) is 16.3 Å². The molecule has 2 aromatic rings. The summed E-state index contributed by atoms with van der Waals surface area (Å²) in [5, 5.41) is 14.7. The first kappa shape index (κ1) is 23.0. The highest BCUT2D eigenvalue weighted by molar-refractivity contribution is 5.82. The number of hydrogen-bond acceptors (Lipinski definition) is 5. The number of nitrogens with zero attached hydrogens (tertiary/aromatic N) is 3. The number of aromatic nitrogens is 1. The molecule has 8 nitrogen and oxygen atoms in total. The molecule has 1 amide bonds. The first-order chi connectivity index (χ1) is 17.5. The van der Waals surface area contributed by atoms with Gasteiger partial charge in [-0.15, -0.1) is 0 Å². The number of carbonyl (C=O) groups excluding carboxylic acids is 1. The minimum absolute atomic E-state index is 0.0169. The van der Waals surface area contributed by atoms with Gasteiger partial charge in [0.1, 0.15) is 0 Å². The predicted octanol–water partition coefficient (Wildman–Crippen LogP) is 3.93. The predicted molar refractivity (Wildman–Crippen MR) is 137 cm³/mol. The highest BCUT2D eigenvalue weighted by Crippen LogP contribution is 2.47. The minimum Gasteiger partial charge on any atom is -0.366 e. The van der Waals surface area contributed by atoms with Gasteiger partial charge in [-0.3, -0.25) is 19.7 Å². The first-order valence-electron chi connectivity index (χ1n) is 13.2. The minimum atomic E-state index is -0.368. The molecular weight excluding hydrogens is 456 g/mol. The average molecular weight is 489 g/mol. The summed E-state index contributed by atoms with van der Waals surface area (Å²) in [7, 11) is 0. The van der Waals surface area contributed by atoms with Gasteiger partial charge in [0.15, 0.2) is 0 Å². The van der Waals surface area contributed by atoms with Gasteiger partial charge >= 0.3 is 0 Å². The van der Waals surface area contributed by atoms with Crippen LogP contribution in [0.1, 0.15) is 55.7 Å². The summed E-state index contributed by atoms with van der Waals surface area (Å²) >= 11 is 0. The maximum atomic E-state index is 13.6. The van der Waals surface area contributed by atoms with Crippen LogP contribution >= 0.6 is 0 Å². The van der Waals surface area contributed by atoms with Crippen LogP contribution < -0.4 is 15.8 Å². The maximum absolute atomic E-state index is 13.6. The first-order valence-corrected chi connectivity index (χ1v) is 13.2. The van der Waals surface area contributed by atoms with Crippen molar-refractivity contribution in [1.82, 2.24) is 9.88 Å². The SMILES string of the molecule is O=C(NCCC1=CCCCC1)[C@@H]1Cc2cc([N+](=O)[O-])ccc2N2CC3CC(Cn4c3cccc4=O)[C@@H]12. The van der Waals surface area contributed by atoms with Crippen LogP contribution in [-0.2, 0) is 17.8 Å². The summed E-state index contributed by atoms with van der Waals surface area (Å²) in [5.74, 6) is 0.0588. The zero-order valence-corrected chi connectivity index (χ0v) is 20.4. The standard InChI is InChI=1S/C28H32N4O4/c33-26-8-4-7-24-20-13-21(17-30(24)26)27-23(28(34)29-12-11-18-5-2-1-3-6-18)15-19-14-22(32(35)36)9-10-25(19)31(27)16-20/h4-5,7-10,14,20-21,23,27H,1-3,6,11-13,15-17H2,(H,29,34)/t20?,21?,23-,27+/m1/s1. The molecule has 4 atom stereocenters. The van der Waals surface area contributed by atoms with Crippen LogP contribution in [0.25, 0.3) is 0 Å². The second kappa shape index (κ2) is 9.22. The van der Waals surface area contributed by atoms with Gasteiger partial charge in [0.05, 0.1) is 10.8 Å². The molecule has 0 saturated carbocycles. The van der Waals surface area contributed by atoms with Crippen LogP contribution in [-0.4, -0.2) is 34.5 Å². The normalized spacial score (nSPS) is 26.2. The molecule has 4 heterocycles. The number of nitro groups is 1. The number of rotatable bonds is 5. The molecule has 1 aromatic heterocycles. The van der Waals surface area contributed by atoms with E-state index in [-0.39, 0.29) is 45.9 Å². The molecule has 1 aromatic carbocycles. The van der Waals surface area contributed by atoms with Gasteiger partial charge in [-0.2, -0.15) is 0 Å². The largest absolute Gasteiger partial charge is 0.366 e. The number of fused-ring (bicyclic) bond motifs is 8. The van der Waals surface area contributed by atoms with Crippen molar-refractivity contribution in [3.8, 4) is 0 Å². The second-order valence-corrected chi connectivity index (χ2v) is 10.8. The Labute approximate surface area is 210 Å². The summed E-state index contributed by atoms with van der Waals surface area (Å²) in [6.45, 7) is 1.92. The molecule has 36 heavy (non-hydrogen) atoms. The fourth-order valence-electron chi connectivity index (χ4n) is 7.06. The summed E-state index contributed by atoms with van der Waals surface area (Å²) in [4.78, 5) is 39.7. The van der Waals surface area contributed by atoms with E-state index in [0.717, 1.165) is 42.6 Å². The van der Waals surface area contributed by atoms with E-state index in [1.807, 2.05) is 22.8 Å². The lowest BCUT2D eigenvalue weighted by Gasteiger charge is -2.54. The van der Waals surface area contributed by atoms with Crippen molar-refractivity contribution in [3.63, 3.8) is 0 Å². The van der Waals surface area contributed by atoms with Crippen molar-refractivity contribution in [1.29, 1.82) is 0 Å². The molecule has 0 spiro atoms. The Balaban J connectivity index is 1.32. The number of nitro benzene ring substituents is 1. The van der Waals surface area contributed by atoms with E-state index in [4.69, 9.17) is 0 Å². The number of pyridine rings is 1. The van der Waals surface area contributed by atoms with Gasteiger partial charge in [0.25, 0.3) is 11.2 Å². The molecule has 6 rings (SSSR count). The fraction of sp³-hybridized carbons (Fsp3) is 0.500. The molecule has 8 heteroatoms. The van der Waals surface area contributed by atoms with Gasteiger partial charge in [-0.05, 0) is 68.6 Å². The van der Waals surface area contributed by atoms with E-state index in [1.54, 1.807) is 18.2 Å². The number of benzene rings is 1. The van der Waals surface area contributed by atoms with Gasteiger partial charge in [-0.1, -0.05) is 17.7 Å². The van der Waals surface area contributed by atoms with Gasteiger partial charge < -0.3 is 14.8 Å². The molecule has 188 valence electrons. The number of piperidine rings is 1. The molecule has 1 saturated heterocycles. The van der Waals surface area contributed by atoms with E-state index in [9.17, 15) is 19.7 Å². The molecular formula is C28H32N4O4. The molecule has 4 aliphatic rings. The summed E-state index contributed by atoms with van der Waals surface area (Å²) < 4.78 is 1.89. The lowest BCUT2D eigenvalue weighted by atomic mass is 9.70. The highest BCUT2D eigenvalue weighted by atomic mass is 16.6. The van der Waals surface area contributed by atoms with Crippen molar-refractivity contribution in [3.05, 3.63) is 79.8 Å². The summed E-state index contributed by atoms with van der Waals surface area (Å²) in [6.07, 6.45) is 9.32. The van der Waals surface area contributed by atoms with E-state index in [1.165, 1.54) is 18.4 Å². The number of allylic oxidation sites excluding steroid dienone is 1. The smallest absolute Gasteiger partial charge is 0.269 e. The van der Waals surface area contributed by atoms with Crippen LogP contribution in [0.2, 0.25) is 0 Å². The fourth-order valence-corrected chi connectivity index (χ4v) is 7.06. The monoisotopic (exact) mass is 488 g/mol. The number of anilines is 1. The third-order valence-electron chi connectivity index (χ3n) is 8.67. The van der Waals surface area contributed by atoms with Crippen LogP contribution in [0.5, 0.6) is 0 Å². The van der Waals surface area contributed by atoms with Gasteiger partial charge in [-0.25, -0.2) is 0 Å². The zero-order valence-electron chi connectivity index (χ0n) is 20.4. The van der Waals surface area contributed by atoms with Crippen molar-refractivity contribution in [2.75, 3.05) is 18.0 Å². The van der Waals surface area contributed by atoms with Gasteiger partial charge in [0.2, 0.25) is 5.91 Å². The third-order valence-corrected chi connectivity index (χ3v) is 8.67. The van der Waals surface area contributed by atoms with E-state index in [0.29, 0.717) is 26.1 Å². The second-order valence-electron chi connectivity index (χ2n) is 10.8. The maximum Gasteiger partial charge on any atom is 0.269 e. The summed E-state index contributed by atoms with van der Waals surface area (Å²) in [6, 6.07) is 10.5. The Bertz CT molecular complexity index is 1300. The molecule has 1 aliphatic carbocycles. The van der Waals surface area contributed by atoms with Crippen molar-refractivity contribution >= 4 is 17.3 Å². The lowest BCUT2D eigenvalue weighted by molar-refractivity contribution is -0.384. The number of nitrogens with one attached hydrogen (secondary N) is 1. The number of hydrogen-bond donors (Lipinski definition) is 1. The average Bonchev–Trinajstić information content (AvgIpc) is 2.89. The van der Waals surface area contributed by atoms with Crippen LogP contribution in [0.3, 0.4) is 0 Å². The Morgan fingerprint density at radius 3 is 2.86 bits per heavy atom. The van der Waals surface area contributed by atoms with E-state index >= 15 is 0 Å². The molecule has 1 N–H and O–H groups in total. The summed E-state index contributed by atoms with van der Waals surface area (Å²) in [5.41, 5.74) is 4.41. The zero-order chi connectivity index (χ0) is 24.8. The molecule has 3 aliphatic heterocycles. The molecule has 0 radical (unpaired) electrons. The molecule has 2 bridgehead atoms. The molecule has 1 fully saturated rings.